The quantitative estimate of drug-likeness (QED) is 0.0383. The first-order valence-corrected chi connectivity index (χ1v) is 29.1. The second-order valence-corrected chi connectivity index (χ2v) is 23.6. The highest BCUT2D eigenvalue weighted by atomic mass is 32.2. The van der Waals surface area contributed by atoms with Crippen molar-refractivity contribution in [1.82, 2.24) is 13.7 Å². The molecule has 84 heavy (non-hydrogen) atoms. The van der Waals surface area contributed by atoms with Gasteiger partial charge in [0.2, 0.25) is 20.0 Å². The molecular formula is C59H80N6O17S2. The van der Waals surface area contributed by atoms with Crippen LogP contribution < -0.4 is 17.2 Å². The van der Waals surface area contributed by atoms with E-state index in [0.29, 0.717) is 14.2 Å². The molecule has 8 N–H and O–H groups in total. The van der Waals surface area contributed by atoms with Crippen molar-refractivity contribution >= 4 is 55.4 Å². The largest absolute Gasteiger partial charge is 0.534 e. The first-order chi connectivity index (χ1) is 47.7. The van der Waals surface area contributed by atoms with Crippen molar-refractivity contribution in [3.63, 3.8) is 0 Å². The smallest absolute Gasteiger partial charge is 0.459 e. The zero-order valence-corrected chi connectivity index (χ0v) is 46.7. The van der Waals surface area contributed by atoms with Crippen LogP contribution in [0.3, 0.4) is 0 Å². The highest BCUT2D eigenvalue weighted by Gasteiger charge is 2.46. The SMILES string of the molecule is [2H]C([2H])([2H])C([2H])(CN(C[C@@H](O)[C@@H](CC(=O)O[C@]1([2H])[C@@H]2CCO[C@@H]2OC1([2H])[2H])Cc1ccccc1)S(=O)(=O)c1ccc(N)cc1)C([2H])([2H])[2H].[2H]C([2H])([2H])C([2H])(CN(C[C@@H](O)[C@@H](N)Cc1ccccc1)S(=O)(=O)c1ccc(N)cc1)C([2H])([2H])[2H].[2H]C1([2H])O[C@H]2OCC[C@H]2[C@@]1([2H])OC(=O)ON1C(=O)CCC1=O. The van der Waals surface area contributed by atoms with E-state index >= 15 is 0 Å². The van der Waals surface area contributed by atoms with Gasteiger partial charge in [0.15, 0.2) is 12.6 Å². The van der Waals surface area contributed by atoms with Crippen LogP contribution in [0.15, 0.2) is 119 Å². The molecule has 5 aliphatic heterocycles. The molecule has 5 aliphatic rings. The molecule has 5 heterocycles. The Morgan fingerprint density at radius 2 is 1.11 bits per heavy atom. The van der Waals surface area contributed by atoms with E-state index in [4.69, 9.17) is 73.0 Å². The predicted molar refractivity (Wildman–Crippen MR) is 307 cm³/mol. The summed E-state index contributed by atoms with van der Waals surface area (Å²) in [6.45, 7) is -22.9. The van der Waals surface area contributed by atoms with Gasteiger partial charge in [-0.05, 0) is 97.1 Å². The van der Waals surface area contributed by atoms with E-state index in [0.717, 1.165) is 17.7 Å². The molecule has 2 amide bonds. The summed E-state index contributed by atoms with van der Waals surface area (Å²) < 4.78 is 245. The van der Waals surface area contributed by atoms with E-state index in [1.807, 2.05) is 0 Å². The maximum atomic E-state index is 13.9. The Labute approximate surface area is 519 Å². The van der Waals surface area contributed by atoms with Crippen molar-refractivity contribution in [3.8, 4) is 0 Å². The molecule has 460 valence electrons. The molecule has 25 heteroatoms. The minimum absolute atomic E-state index is 0.0685. The van der Waals surface area contributed by atoms with Crippen LogP contribution >= 0.6 is 0 Å². The molecule has 23 nitrogen and oxygen atoms in total. The van der Waals surface area contributed by atoms with Crippen molar-refractivity contribution in [1.29, 1.82) is 0 Å². The van der Waals surface area contributed by atoms with E-state index in [-0.39, 0.29) is 73.1 Å². The van der Waals surface area contributed by atoms with Crippen LogP contribution in [-0.2, 0) is 80.5 Å². The van der Waals surface area contributed by atoms with Crippen LogP contribution in [0.1, 0.15) is 98.1 Å². The number of fused-ring (bicyclic) bond motifs is 2. The zero-order valence-electron chi connectivity index (χ0n) is 65.1. The third-order valence-electron chi connectivity index (χ3n) is 13.5. The average molecular weight is 1230 g/mol. The minimum Gasteiger partial charge on any atom is -0.459 e. The van der Waals surface area contributed by atoms with Gasteiger partial charge < -0.3 is 55.8 Å². The van der Waals surface area contributed by atoms with Gasteiger partial charge in [-0.25, -0.2) is 21.6 Å². The van der Waals surface area contributed by atoms with Crippen LogP contribution in [0.5, 0.6) is 0 Å². The minimum atomic E-state index is -4.78. The Hall–Kier alpha value is -6.10. The number of hydrogen-bond acceptors (Lipinski definition) is 20. The lowest BCUT2D eigenvalue weighted by atomic mass is 9.90. The molecule has 0 aliphatic carbocycles. The highest BCUT2D eigenvalue weighted by Crippen LogP contribution is 2.35. The van der Waals surface area contributed by atoms with Crippen LogP contribution in [0.25, 0.3) is 0 Å². The normalized spacial score (nSPS) is 29.9. The number of hydrogen-bond donors (Lipinski definition) is 5. The predicted octanol–water partition coefficient (Wildman–Crippen LogP) is 4.64. The van der Waals surface area contributed by atoms with Gasteiger partial charge in [0.25, 0.3) is 11.8 Å². The average Bonchev–Trinajstić information content (AvgIpc) is 1.75. The van der Waals surface area contributed by atoms with Crippen molar-refractivity contribution in [3.05, 3.63) is 120 Å². The number of anilines is 2. The molecule has 0 aromatic heterocycles. The van der Waals surface area contributed by atoms with Gasteiger partial charge in [-0.2, -0.15) is 8.61 Å². The Balaban J connectivity index is 0.000000234. The zero-order chi connectivity index (χ0) is 78.0. The number of aliphatic hydroxyl groups is 2. The van der Waals surface area contributed by atoms with E-state index in [2.05, 4.69) is 4.84 Å². The fraction of sp³-hybridized carbons (Fsp3) is 0.525. The standard InChI is InChI=1S/C28H38N2O7S.C20H29N3O3S.C11H13NO7/c1-19(2)16-30(38(33,34)23-10-8-22(29)9-11-23)17-25(31)21(14-20-6-4-3-5-7-20)15-27(32)37-26-18-36-28-24(26)12-13-35-28;1-15(2)13-23(27(25,26)18-10-8-17(21)9-11-18)14-20(24)19(22)12-16-6-4-3-5-7-16;13-8-1-2-9(14)12(8)19-11(15)18-7-5-17-10-6(7)3-4-16-10/h3-11,19,21,24-26,28,31H,12-18,29H2,1-2H3;3-11,15,19-20,24H,12-14,21-22H2,1-2H3;6-7,10H,1-5H2/t21-,24+,25-,26+,28-;19-,20+;6-,7-,10+/m100/s1/i1D3,2D3,18D2,19D,26D;1D3,2D3,15D;5D2,7D. The summed E-state index contributed by atoms with van der Waals surface area (Å²) in [5, 5.41) is 22.6. The van der Waals surface area contributed by atoms with Gasteiger partial charge in [0.1, 0.15) is 12.2 Å². The van der Waals surface area contributed by atoms with Crippen LogP contribution in [0, 0.1) is 29.5 Å². The Morgan fingerprint density at radius 1 is 0.667 bits per heavy atom. The maximum Gasteiger partial charge on any atom is 0.534 e. The number of carbonyl (C=O) groups is 4. The number of carbonyl (C=O) groups excluding carboxylic acids is 4. The molecular weight excluding hydrogens is 1130 g/mol. The van der Waals surface area contributed by atoms with E-state index < -0.39 is 195 Å². The molecule has 4 aromatic carbocycles. The van der Waals surface area contributed by atoms with Crippen molar-refractivity contribution in [2.24, 2.45) is 35.3 Å². The number of aliphatic hydroxyl groups excluding tert-OH is 2. The molecule has 0 bridgehead atoms. The number of ether oxygens (including phenoxy) is 6. The van der Waals surface area contributed by atoms with Crippen molar-refractivity contribution in [2.45, 2.75) is 125 Å². The summed E-state index contributed by atoms with van der Waals surface area (Å²) in [6, 6.07) is 26.0. The Morgan fingerprint density at radius 3 is 1.57 bits per heavy atom. The lowest BCUT2D eigenvalue weighted by Crippen LogP contribution is -2.47. The lowest BCUT2D eigenvalue weighted by Gasteiger charge is -2.30. The van der Waals surface area contributed by atoms with Gasteiger partial charge in [-0.3, -0.25) is 19.2 Å². The first kappa shape index (κ1) is 42.7. The fourth-order valence-corrected chi connectivity index (χ4v) is 11.9. The third-order valence-corrected chi connectivity index (χ3v) is 17.2. The summed E-state index contributed by atoms with van der Waals surface area (Å²) in [4.78, 5) is 51.6. The molecule has 4 aromatic rings. The number of imide groups is 1. The van der Waals surface area contributed by atoms with Gasteiger partial charge in [0.05, 0.1) is 74.8 Å². The molecule has 0 spiro atoms. The number of nitrogens with two attached hydrogens (primary N) is 3. The topological polar surface area (TPSA) is 329 Å². The number of hydroxylamine groups is 2. The first-order valence-electron chi connectivity index (χ1n) is 36.2. The van der Waals surface area contributed by atoms with E-state index in [1.165, 1.54) is 36.4 Å². The fourth-order valence-electron chi connectivity index (χ4n) is 9.08. The molecule has 0 unspecified atom stereocenters. The van der Waals surface area contributed by atoms with Gasteiger partial charge in [-0.15, -0.1) is 0 Å². The summed E-state index contributed by atoms with van der Waals surface area (Å²) in [7, 11) is -9.31. The number of sulfonamides is 2. The number of esters is 1. The summed E-state index contributed by atoms with van der Waals surface area (Å²) in [5.74, 6) is -12.0. The number of nitrogens with zero attached hydrogens (tertiary/aromatic N) is 3. The molecule has 9 rings (SSSR count). The summed E-state index contributed by atoms with van der Waals surface area (Å²) in [5.41, 5.74) is 19.2. The van der Waals surface area contributed by atoms with Gasteiger partial charge in [0, 0.05) is 81.5 Å². The third kappa shape index (κ3) is 18.2. The van der Waals surface area contributed by atoms with Gasteiger partial charge >= 0.3 is 12.1 Å². The number of nitrogen functional groups attached to an aromatic ring is 2. The highest BCUT2D eigenvalue weighted by molar-refractivity contribution is 7.89. The molecule has 0 saturated carbocycles. The number of amides is 2. The Kier molecular flexibility index (Phi) is 15.4. The van der Waals surface area contributed by atoms with Crippen LogP contribution in [0.2, 0.25) is 0 Å². The van der Waals surface area contributed by atoms with Crippen molar-refractivity contribution in [2.75, 3.05) is 64.0 Å². The lowest BCUT2D eigenvalue weighted by molar-refractivity contribution is -0.179. The van der Waals surface area contributed by atoms with Crippen molar-refractivity contribution < 1.29 is 107 Å². The molecule has 10 atom stereocenters. The van der Waals surface area contributed by atoms with E-state index in [1.54, 1.807) is 60.7 Å². The number of rotatable bonds is 23. The van der Waals surface area contributed by atoms with Crippen LogP contribution in [-0.4, -0.2) is 160 Å². The molecule has 5 saturated heterocycles. The summed E-state index contributed by atoms with van der Waals surface area (Å²) >= 11 is 0. The Bertz CT molecular complexity index is 3840. The van der Waals surface area contributed by atoms with Crippen LogP contribution in [0.4, 0.5) is 16.2 Å². The monoisotopic (exact) mass is 1230 g/mol. The van der Waals surface area contributed by atoms with Gasteiger partial charge in [-0.1, -0.05) is 93.1 Å². The van der Waals surface area contributed by atoms with E-state index in [9.17, 15) is 46.2 Å². The molecule has 0 radical (unpaired) electrons. The summed E-state index contributed by atoms with van der Waals surface area (Å²) in [6.07, 6.45) is -12.0. The molecule has 5 fully saturated rings. The maximum absolute atomic E-state index is 13.9. The number of benzene rings is 4. The second kappa shape index (κ2) is 30.3. The second-order valence-electron chi connectivity index (χ2n) is 19.8.